The molecule has 2 aliphatic carbocycles. The molecule has 4 heteroatoms. The molecule has 0 aromatic rings. The molecule has 2 bridgehead atoms. The third-order valence-electron chi connectivity index (χ3n) is 5.47. The van der Waals surface area contributed by atoms with Crippen molar-refractivity contribution in [1.82, 2.24) is 4.90 Å². The normalized spacial score (nSPS) is 34.6. The standard InChI is InChI=1S/C16H24N2O2/c1-3-17(4-2)8-5-9-18-15(19)13-11-6-7-12(10-11)14(13)16(18)20/h6-7,11-14H,3-5,8-10H2,1-2H3/p+1/t11-,12-,13-,14+/m1/s1. The number of allylic oxidation sites excluding steroid dienone is 2. The molecule has 1 N–H and O–H groups in total. The van der Waals surface area contributed by atoms with Crippen LogP contribution in [0.5, 0.6) is 0 Å². The second-order valence-corrected chi connectivity index (χ2v) is 6.39. The lowest BCUT2D eigenvalue weighted by molar-refractivity contribution is -0.896. The van der Waals surface area contributed by atoms with Crippen molar-refractivity contribution in [3.63, 3.8) is 0 Å². The van der Waals surface area contributed by atoms with E-state index in [9.17, 15) is 9.59 Å². The summed E-state index contributed by atoms with van der Waals surface area (Å²) in [6.45, 7) is 8.24. The largest absolute Gasteiger partial charge is 0.335 e. The average molecular weight is 277 g/mol. The summed E-state index contributed by atoms with van der Waals surface area (Å²) in [5.74, 6) is 0.814. The molecular formula is C16H25N2O2+. The predicted octanol–water partition coefficient (Wildman–Crippen LogP) is 0.108. The summed E-state index contributed by atoms with van der Waals surface area (Å²) in [5.41, 5.74) is 0. The highest BCUT2D eigenvalue weighted by Gasteiger charge is 2.58. The van der Waals surface area contributed by atoms with Gasteiger partial charge in [0.1, 0.15) is 0 Å². The average Bonchev–Trinajstić information content (AvgIpc) is 3.12. The van der Waals surface area contributed by atoms with Gasteiger partial charge in [-0.3, -0.25) is 14.5 Å². The highest BCUT2D eigenvalue weighted by Crippen LogP contribution is 2.52. The van der Waals surface area contributed by atoms with Gasteiger partial charge in [-0.05, 0) is 32.1 Å². The van der Waals surface area contributed by atoms with Crippen LogP contribution in [0, 0.1) is 23.7 Å². The zero-order valence-corrected chi connectivity index (χ0v) is 12.5. The zero-order valence-electron chi connectivity index (χ0n) is 12.5. The number of nitrogens with one attached hydrogen (secondary N) is 1. The maximum atomic E-state index is 12.5. The maximum Gasteiger partial charge on any atom is 0.233 e. The van der Waals surface area contributed by atoms with Gasteiger partial charge in [-0.1, -0.05) is 12.2 Å². The molecule has 20 heavy (non-hydrogen) atoms. The van der Waals surface area contributed by atoms with E-state index in [4.69, 9.17) is 0 Å². The summed E-state index contributed by atoms with van der Waals surface area (Å²) in [6.07, 6.45) is 6.25. The van der Waals surface area contributed by atoms with E-state index >= 15 is 0 Å². The van der Waals surface area contributed by atoms with Crippen LogP contribution in [0.15, 0.2) is 12.2 Å². The van der Waals surface area contributed by atoms with Crippen LogP contribution in [-0.4, -0.2) is 42.9 Å². The topological polar surface area (TPSA) is 41.8 Å². The van der Waals surface area contributed by atoms with E-state index in [1.807, 2.05) is 0 Å². The molecule has 110 valence electrons. The molecule has 0 spiro atoms. The highest BCUT2D eigenvalue weighted by molar-refractivity contribution is 6.06. The smallest absolute Gasteiger partial charge is 0.233 e. The first-order valence-corrected chi connectivity index (χ1v) is 8.04. The molecule has 3 rings (SSSR count). The van der Waals surface area contributed by atoms with Crippen molar-refractivity contribution in [3.05, 3.63) is 12.2 Å². The van der Waals surface area contributed by atoms with Crippen LogP contribution in [0.3, 0.4) is 0 Å². The summed E-state index contributed by atoms with van der Waals surface area (Å²) in [4.78, 5) is 28.0. The van der Waals surface area contributed by atoms with E-state index in [-0.39, 0.29) is 23.7 Å². The Bertz CT molecular complexity index is 412. The maximum absolute atomic E-state index is 12.5. The number of carbonyl (C=O) groups is 2. The van der Waals surface area contributed by atoms with Gasteiger partial charge in [-0.15, -0.1) is 0 Å². The van der Waals surface area contributed by atoms with E-state index in [2.05, 4.69) is 26.0 Å². The Hall–Kier alpha value is -1.16. The van der Waals surface area contributed by atoms with Crippen molar-refractivity contribution in [2.45, 2.75) is 26.7 Å². The van der Waals surface area contributed by atoms with Gasteiger partial charge in [-0.25, -0.2) is 0 Å². The lowest BCUT2D eigenvalue weighted by atomic mass is 9.85. The fourth-order valence-corrected chi connectivity index (χ4v) is 4.28. The Kier molecular flexibility index (Phi) is 3.67. The summed E-state index contributed by atoms with van der Waals surface area (Å²) in [7, 11) is 0. The first kappa shape index (κ1) is 13.8. The summed E-state index contributed by atoms with van der Waals surface area (Å²) < 4.78 is 0. The molecule has 3 aliphatic rings. The van der Waals surface area contributed by atoms with Crippen molar-refractivity contribution < 1.29 is 14.5 Å². The van der Waals surface area contributed by atoms with Gasteiger partial charge in [0, 0.05) is 13.0 Å². The van der Waals surface area contributed by atoms with Gasteiger partial charge in [0.2, 0.25) is 11.8 Å². The highest BCUT2D eigenvalue weighted by atomic mass is 16.2. The van der Waals surface area contributed by atoms with Crippen LogP contribution in [0.1, 0.15) is 26.7 Å². The number of fused-ring (bicyclic) bond motifs is 5. The first-order valence-electron chi connectivity index (χ1n) is 8.04. The van der Waals surface area contributed by atoms with Crippen molar-refractivity contribution >= 4 is 11.8 Å². The molecule has 0 radical (unpaired) electrons. The minimum Gasteiger partial charge on any atom is -0.335 e. The van der Waals surface area contributed by atoms with Crippen LogP contribution < -0.4 is 4.90 Å². The molecule has 0 unspecified atom stereocenters. The van der Waals surface area contributed by atoms with Crippen LogP contribution in [-0.2, 0) is 9.59 Å². The third-order valence-corrected chi connectivity index (χ3v) is 5.47. The first-order chi connectivity index (χ1) is 9.67. The summed E-state index contributed by atoms with van der Waals surface area (Å²) in [5, 5.41) is 0. The fourth-order valence-electron chi connectivity index (χ4n) is 4.28. The minimum absolute atomic E-state index is 0.0294. The molecular weight excluding hydrogens is 252 g/mol. The third kappa shape index (κ3) is 2.01. The molecule has 1 saturated heterocycles. The number of nitrogens with zero attached hydrogens (tertiary/aromatic N) is 1. The van der Waals surface area contributed by atoms with Crippen LogP contribution in [0.4, 0.5) is 0 Å². The lowest BCUT2D eigenvalue weighted by Gasteiger charge is -2.19. The summed E-state index contributed by atoms with van der Waals surface area (Å²) >= 11 is 0. The Morgan fingerprint density at radius 3 is 2.15 bits per heavy atom. The number of likely N-dealkylation sites (tertiary alicyclic amines) is 1. The molecule has 2 amide bonds. The number of amides is 2. The second-order valence-electron chi connectivity index (χ2n) is 6.39. The number of hydrogen-bond acceptors (Lipinski definition) is 2. The zero-order chi connectivity index (χ0) is 14.3. The number of quaternary nitrogens is 1. The van der Waals surface area contributed by atoms with E-state index in [0.29, 0.717) is 18.4 Å². The van der Waals surface area contributed by atoms with E-state index in [0.717, 1.165) is 32.5 Å². The number of hydrogen-bond donors (Lipinski definition) is 1. The Labute approximate surface area is 120 Å². The summed E-state index contributed by atoms with van der Waals surface area (Å²) in [6, 6.07) is 0. The molecule has 1 heterocycles. The second kappa shape index (κ2) is 5.32. The van der Waals surface area contributed by atoms with Crippen LogP contribution >= 0.6 is 0 Å². The van der Waals surface area contributed by atoms with Crippen LogP contribution in [0.25, 0.3) is 0 Å². The molecule has 1 aliphatic heterocycles. The molecule has 4 nitrogen and oxygen atoms in total. The molecule has 0 aromatic heterocycles. The lowest BCUT2D eigenvalue weighted by Crippen LogP contribution is -3.11. The molecule has 2 fully saturated rings. The number of imide groups is 1. The molecule has 0 aromatic carbocycles. The van der Waals surface area contributed by atoms with Crippen molar-refractivity contribution in [2.75, 3.05) is 26.2 Å². The van der Waals surface area contributed by atoms with Crippen molar-refractivity contribution in [1.29, 1.82) is 0 Å². The Balaban J connectivity index is 1.59. The van der Waals surface area contributed by atoms with E-state index in [1.54, 1.807) is 4.90 Å². The van der Waals surface area contributed by atoms with E-state index in [1.165, 1.54) is 4.90 Å². The van der Waals surface area contributed by atoms with Crippen molar-refractivity contribution in [2.24, 2.45) is 23.7 Å². The SMILES string of the molecule is CC[NH+](CC)CCCN1C(=O)[C@@H]2[C@H](C1=O)[C@@H]1C=C[C@@H]2C1. The predicted molar refractivity (Wildman–Crippen MR) is 76.0 cm³/mol. The fraction of sp³-hybridized carbons (Fsp3) is 0.750. The minimum atomic E-state index is -0.0294. The van der Waals surface area contributed by atoms with Gasteiger partial charge < -0.3 is 4.90 Å². The van der Waals surface area contributed by atoms with Crippen molar-refractivity contribution in [3.8, 4) is 0 Å². The van der Waals surface area contributed by atoms with Gasteiger partial charge in [0.25, 0.3) is 0 Å². The van der Waals surface area contributed by atoms with Gasteiger partial charge in [-0.2, -0.15) is 0 Å². The number of carbonyl (C=O) groups excluding carboxylic acids is 2. The Morgan fingerprint density at radius 2 is 1.65 bits per heavy atom. The monoisotopic (exact) mass is 277 g/mol. The quantitative estimate of drug-likeness (QED) is 0.553. The van der Waals surface area contributed by atoms with Gasteiger partial charge in [0.15, 0.2) is 0 Å². The van der Waals surface area contributed by atoms with Gasteiger partial charge >= 0.3 is 0 Å². The Morgan fingerprint density at radius 1 is 1.10 bits per heavy atom. The molecule has 1 saturated carbocycles. The number of rotatable bonds is 6. The van der Waals surface area contributed by atoms with Gasteiger partial charge in [0.05, 0.1) is 31.5 Å². The molecule has 4 atom stereocenters. The van der Waals surface area contributed by atoms with E-state index < -0.39 is 0 Å². The van der Waals surface area contributed by atoms with Crippen LogP contribution in [0.2, 0.25) is 0 Å².